The Balaban J connectivity index is 0.962. The van der Waals surface area contributed by atoms with Crippen LogP contribution in [-0.2, 0) is 5.41 Å². The molecule has 0 unspecified atom stereocenters. The molecular weight excluding hydrogens is 733 g/mol. The standard InChI is InChI=1S/C56H38N2O2/c1-56(2)48-17-9-8-15-45(48)46-32-43(29-30-49(46)56)58(41-25-21-36(22-26-41)40-20-19-35-11-6-7-14-39(35)31-40)42-27-23-37(24-28-42)44-16-10-18-51-54(44)47-33-50-53(34-52(47)59-51)60-55(57-50)38-12-4-3-5-13-38/h3-34H,1-2H3. The Labute approximate surface area is 347 Å². The topological polar surface area (TPSA) is 42.4 Å². The molecule has 0 atom stereocenters. The van der Waals surface area contributed by atoms with Crippen LogP contribution in [0.4, 0.5) is 17.1 Å². The monoisotopic (exact) mass is 770 g/mol. The molecule has 2 heterocycles. The Kier molecular flexibility index (Phi) is 7.54. The van der Waals surface area contributed by atoms with Gasteiger partial charge in [0.2, 0.25) is 5.89 Å². The Morgan fingerprint density at radius 1 is 0.417 bits per heavy atom. The van der Waals surface area contributed by atoms with Gasteiger partial charge in [0.15, 0.2) is 5.58 Å². The van der Waals surface area contributed by atoms with Gasteiger partial charge in [-0.2, -0.15) is 0 Å². The highest BCUT2D eigenvalue weighted by Crippen LogP contribution is 2.51. The predicted octanol–water partition coefficient (Wildman–Crippen LogP) is 15.7. The van der Waals surface area contributed by atoms with Gasteiger partial charge < -0.3 is 13.7 Å². The van der Waals surface area contributed by atoms with Crippen LogP contribution in [0.1, 0.15) is 25.0 Å². The lowest BCUT2D eigenvalue weighted by atomic mass is 9.82. The largest absolute Gasteiger partial charge is 0.456 e. The van der Waals surface area contributed by atoms with E-state index < -0.39 is 0 Å². The minimum absolute atomic E-state index is 0.0691. The van der Waals surface area contributed by atoms with Crippen LogP contribution in [0.2, 0.25) is 0 Å². The van der Waals surface area contributed by atoms with Crippen molar-refractivity contribution in [2.75, 3.05) is 4.90 Å². The second-order valence-corrected chi connectivity index (χ2v) is 16.4. The molecule has 11 aromatic rings. The van der Waals surface area contributed by atoms with Gasteiger partial charge in [0, 0.05) is 44.9 Å². The number of rotatable bonds is 6. The summed E-state index contributed by atoms with van der Waals surface area (Å²) < 4.78 is 12.7. The number of furan rings is 1. The fraction of sp³-hybridized carbons (Fsp3) is 0.0536. The number of nitrogens with zero attached hydrogens (tertiary/aromatic N) is 2. The Hall–Kier alpha value is -7.69. The van der Waals surface area contributed by atoms with Gasteiger partial charge >= 0.3 is 0 Å². The van der Waals surface area contributed by atoms with Gasteiger partial charge in [-0.3, -0.25) is 0 Å². The average molecular weight is 771 g/mol. The van der Waals surface area contributed by atoms with Gasteiger partial charge in [-0.25, -0.2) is 4.98 Å². The molecule has 9 aromatic carbocycles. The van der Waals surface area contributed by atoms with E-state index in [0.29, 0.717) is 11.5 Å². The van der Waals surface area contributed by atoms with E-state index in [-0.39, 0.29) is 5.41 Å². The van der Waals surface area contributed by atoms with Crippen molar-refractivity contribution >= 4 is 60.9 Å². The molecular formula is C56H38N2O2. The fourth-order valence-corrected chi connectivity index (χ4v) is 9.45. The number of benzene rings is 9. The van der Waals surface area contributed by atoms with Gasteiger partial charge in [-0.05, 0) is 122 Å². The second kappa shape index (κ2) is 13.2. The lowest BCUT2D eigenvalue weighted by Gasteiger charge is -2.27. The molecule has 2 aromatic heterocycles. The number of hydrogen-bond acceptors (Lipinski definition) is 4. The van der Waals surface area contributed by atoms with E-state index in [9.17, 15) is 0 Å². The summed E-state index contributed by atoms with van der Waals surface area (Å²) in [5.74, 6) is 0.600. The van der Waals surface area contributed by atoms with Gasteiger partial charge in [-0.15, -0.1) is 0 Å². The van der Waals surface area contributed by atoms with Gasteiger partial charge in [-0.1, -0.05) is 135 Å². The SMILES string of the molecule is CC1(C)c2ccccc2-c2cc(N(c3ccc(-c4ccc5ccccc5c4)cc3)c3ccc(-c4cccc5oc6cc7oc(-c8ccccc8)nc7cc6c45)cc3)ccc21. The molecule has 0 aliphatic heterocycles. The Morgan fingerprint density at radius 3 is 1.90 bits per heavy atom. The highest BCUT2D eigenvalue weighted by atomic mass is 16.4. The molecule has 0 fully saturated rings. The molecule has 0 bridgehead atoms. The maximum absolute atomic E-state index is 6.46. The van der Waals surface area contributed by atoms with Crippen LogP contribution in [0.25, 0.3) is 88.6 Å². The van der Waals surface area contributed by atoms with E-state index in [0.717, 1.165) is 61.2 Å². The van der Waals surface area contributed by atoms with Crippen molar-refractivity contribution < 1.29 is 8.83 Å². The van der Waals surface area contributed by atoms with Crippen LogP contribution < -0.4 is 4.90 Å². The summed E-state index contributed by atoms with van der Waals surface area (Å²) in [6, 6.07) is 69.3. The van der Waals surface area contributed by atoms with E-state index in [1.165, 1.54) is 44.2 Å². The number of anilines is 3. The summed E-state index contributed by atoms with van der Waals surface area (Å²) in [5, 5.41) is 4.56. The normalized spacial score (nSPS) is 13.0. The van der Waals surface area contributed by atoms with Crippen LogP contribution >= 0.6 is 0 Å². The van der Waals surface area contributed by atoms with Crippen molar-refractivity contribution in [3.63, 3.8) is 0 Å². The summed E-state index contributed by atoms with van der Waals surface area (Å²) in [6.07, 6.45) is 0. The van der Waals surface area contributed by atoms with Crippen LogP contribution in [-0.4, -0.2) is 4.98 Å². The molecule has 60 heavy (non-hydrogen) atoms. The molecule has 4 heteroatoms. The van der Waals surface area contributed by atoms with Crippen LogP contribution in [0.3, 0.4) is 0 Å². The fourth-order valence-electron chi connectivity index (χ4n) is 9.45. The quantitative estimate of drug-likeness (QED) is 0.169. The predicted molar refractivity (Wildman–Crippen MR) is 247 cm³/mol. The van der Waals surface area contributed by atoms with Crippen LogP contribution in [0.5, 0.6) is 0 Å². The number of hydrogen-bond donors (Lipinski definition) is 0. The molecule has 0 saturated carbocycles. The van der Waals surface area contributed by atoms with Gasteiger partial charge in [0.25, 0.3) is 0 Å². The third-order valence-corrected chi connectivity index (χ3v) is 12.5. The van der Waals surface area contributed by atoms with Gasteiger partial charge in [0.05, 0.1) is 0 Å². The highest BCUT2D eigenvalue weighted by molar-refractivity contribution is 6.15. The third kappa shape index (κ3) is 5.41. The lowest BCUT2D eigenvalue weighted by molar-refractivity contribution is 0.617. The maximum atomic E-state index is 6.46. The first-order valence-corrected chi connectivity index (χ1v) is 20.5. The zero-order valence-corrected chi connectivity index (χ0v) is 33.2. The summed E-state index contributed by atoms with van der Waals surface area (Å²) in [6.45, 7) is 4.67. The van der Waals surface area contributed by atoms with E-state index >= 15 is 0 Å². The molecule has 1 aliphatic carbocycles. The third-order valence-electron chi connectivity index (χ3n) is 12.5. The van der Waals surface area contributed by atoms with Crippen molar-refractivity contribution in [1.82, 2.24) is 4.98 Å². The highest BCUT2D eigenvalue weighted by Gasteiger charge is 2.35. The van der Waals surface area contributed by atoms with Gasteiger partial charge in [0.1, 0.15) is 16.7 Å². The second-order valence-electron chi connectivity index (χ2n) is 16.4. The zero-order valence-electron chi connectivity index (χ0n) is 33.2. The van der Waals surface area contributed by atoms with E-state index in [4.69, 9.17) is 13.8 Å². The molecule has 4 nitrogen and oxygen atoms in total. The molecule has 0 radical (unpaired) electrons. The molecule has 284 valence electrons. The van der Waals surface area contributed by atoms with Crippen molar-refractivity contribution in [2.24, 2.45) is 0 Å². The molecule has 1 aliphatic rings. The Bertz CT molecular complexity index is 3450. The van der Waals surface area contributed by atoms with Crippen LogP contribution in [0.15, 0.2) is 203 Å². The maximum Gasteiger partial charge on any atom is 0.227 e. The minimum Gasteiger partial charge on any atom is -0.456 e. The molecule has 0 N–H and O–H groups in total. The first-order chi connectivity index (χ1) is 29.5. The summed E-state index contributed by atoms with van der Waals surface area (Å²) in [7, 11) is 0. The number of oxazole rings is 1. The number of fused-ring (bicyclic) bond motifs is 8. The van der Waals surface area contributed by atoms with E-state index in [2.05, 4.69) is 170 Å². The molecule has 0 saturated heterocycles. The zero-order chi connectivity index (χ0) is 40.0. The smallest absolute Gasteiger partial charge is 0.227 e. The van der Waals surface area contributed by atoms with E-state index in [1.54, 1.807) is 0 Å². The average Bonchev–Trinajstić information content (AvgIpc) is 3.95. The van der Waals surface area contributed by atoms with Crippen molar-refractivity contribution in [3.8, 4) is 44.8 Å². The Morgan fingerprint density at radius 2 is 1.08 bits per heavy atom. The summed E-state index contributed by atoms with van der Waals surface area (Å²) >= 11 is 0. The molecule has 12 rings (SSSR count). The first kappa shape index (κ1) is 34.4. The number of aromatic nitrogens is 1. The lowest BCUT2D eigenvalue weighted by Crippen LogP contribution is -2.15. The van der Waals surface area contributed by atoms with Crippen molar-refractivity contribution in [1.29, 1.82) is 0 Å². The minimum atomic E-state index is -0.0691. The van der Waals surface area contributed by atoms with Crippen molar-refractivity contribution in [2.45, 2.75) is 19.3 Å². The van der Waals surface area contributed by atoms with E-state index in [1.807, 2.05) is 42.5 Å². The van der Waals surface area contributed by atoms with Crippen molar-refractivity contribution in [3.05, 3.63) is 205 Å². The summed E-state index contributed by atoms with van der Waals surface area (Å²) in [5.41, 5.74) is 17.2. The van der Waals surface area contributed by atoms with Crippen LogP contribution in [0, 0.1) is 0 Å². The summed E-state index contributed by atoms with van der Waals surface area (Å²) in [4.78, 5) is 7.25. The molecule has 0 spiro atoms. The first-order valence-electron chi connectivity index (χ1n) is 20.5. The molecule has 0 amide bonds.